The molecule has 4 rings (SSSR count). The van der Waals surface area contributed by atoms with E-state index in [4.69, 9.17) is 16.3 Å². The normalized spacial score (nSPS) is 17.7. The molecule has 1 amide bonds. The third-order valence-electron chi connectivity index (χ3n) is 4.87. The molecule has 1 aliphatic rings. The molecule has 6 heteroatoms. The third kappa shape index (κ3) is 3.22. The van der Waals surface area contributed by atoms with Crippen LogP contribution in [0.3, 0.4) is 0 Å². The number of carbonyl (C=O) groups excluding carboxylic acids is 1. The van der Waals surface area contributed by atoms with Crippen molar-refractivity contribution in [2.24, 2.45) is 0 Å². The molecular weight excluding hydrogens is 384 g/mol. The number of rotatable bonds is 3. The first-order valence-corrected chi connectivity index (χ1v) is 9.09. The lowest BCUT2D eigenvalue weighted by atomic mass is 9.88. The number of nitrogens with one attached hydrogen (secondary N) is 1. The summed E-state index contributed by atoms with van der Waals surface area (Å²) in [5, 5.41) is 2.95. The van der Waals surface area contributed by atoms with Crippen molar-refractivity contribution in [1.29, 1.82) is 0 Å². The van der Waals surface area contributed by atoms with Gasteiger partial charge in [0.25, 0.3) is 0 Å². The summed E-state index contributed by atoms with van der Waals surface area (Å²) >= 11 is 6.19. The summed E-state index contributed by atoms with van der Waals surface area (Å²) in [5.41, 5.74) is 2.81. The molecule has 1 aliphatic heterocycles. The Balaban J connectivity index is 1.79. The highest BCUT2D eigenvalue weighted by Gasteiger charge is 2.40. The van der Waals surface area contributed by atoms with Gasteiger partial charge in [0.15, 0.2) is 0 Å². The second kappa shape index (κ2) is 7.24. The molecule has 28 heavy (non-hydrogen) atoms. The minimum absolute atomic E-state index is 0.213. The average Bonchev–Trinajstić information content (AvgIpc) is 3.06. The van der Waals surface area contributed by atoms with Gasteiger partial charge in [-0.2, -0.15) is 0 Å². The fourth-order valence-corrected chi connectivity index (χ4v) is 3.78. The molecule has 0 saturated carbocycles. The van der Waals surface area contributed by atoms with E-state index in [1.54, 1.807) is 31.3 Å². The Hall–Kier alpha value is -2.92. The van der Waals surface area contributed by atoms with E-state index in [0.29, 0.717) is 22.4 Å². The molecule has 1 heterocycles. The third-order valence-corrected chi connectivity index (χ3v) is 5.18. The number of likely N-dealkylation sites (N-methyl/N-ethyl adjacent to an activating group) is 1. The topological polar surface area (TPSA) is 38.3 Å². The van der Waals surface area contributed by atoms with E-state index in [1.807, 2.05) is 12.1 Å². The summed E-state index contributed by atoms with van der Waals surface area (Å²) < 4.78 is 32.7. The Bertz CT molecular complexity index is 1050. The molecule has 2 unspecified atom stereocenters. The fourth-order valence-electron chi connectivity index (χ4n) is 3.51. The zero-order chi connectivity index (χ0) is 19.8. The van der Waals surface area contributed by atoms with Gasteiger partial charge in [-0.05, 0) is 53.6 Å². The fraction of sp³-hybridized carbons (Fsp3) is 0.136. The number of fused-ring (bicyclic) bond motifs is 1. The van der Waals surface area contributed by atoms with Crippen LogP contribution in [-0.2, 0) is 4.79 Å². The highest BCUT2D eigenvalue weighted by molar-refractivity contribution is 6.33. The number of ether oxygens (including phenoxy) is 1. The Morgan fingerprint density at radius 1 is 1.00 bits per heavy atom. The zero-order valence-corrected chi connectivity index (χ0v) is 15.6. The number of benzene rings is 3. The molecule has 2 atom stereocenters. The molecule has 0 spiro atoms. The van der Waals surface area contributed by atoms with Crippen LogP contribution in [0.2, 0.25) is 5.02 Å². The lowest BCUT2D eigenvalue weighted by Crippen LogP contribution is -2.28. The maximum absolute atomic E-state index is 13.4. The largest absolute Gasteiger partial charge is 0.484 e. The van der Waals surface area contributed by atoms with Crippen LogP contribution in [-0.4, -0.2) is 13.0 Å². The first-order chi connectivity index (χ1) is 13.5. The molecule has 3 nitrogen and oxygen atoms in total. The second-order valence-corrected chi connectivity index (χ2v) is 6.97. The van der Waals surface area contributed by atoms with Crippen LogP contribution in [0, 0.1) is 11.6 Å². The molecule has 3 aromatic rings. The summed E-state index contributed by atoms with van der Waals surface area (Å²) in [5.74, 6) is -1.02. The Morgan fingerprint density at radius 3 is 2.39 bits per heavy atom. The van der Waals surface area contributed by atoms with Crippen molar-refractivity contribution in [3.63, 3.8) is 0 Å². The van der Waals surface area contributed by atoms with E-state index in [-0.39, 0.29) is 16.7 Å². The summed E-state index contributed by atoms with van der Waals surface area (Å²) in [6.45, 7) is 0. The van der Waals surface area contributed by atoms with Crippen LogP contribution in [0.4, 0.5) is 8.78 Å². The highest BCUT2D eigenvalue weighted by atomic mass is 35.5. The van der Waals surface area contributed by atoms with E-state index < -0.39 is 17.8 Å². The SMILES string of the molecule is CNC(=O)C1c2cc(-c3ccc(F)cc3Cl)ccc2OC1c1ccc(F)cc1. The standard InChI is InChI=1S/C22H16ClF2NO2/c1-26-22(27)20-17-10-13(16-8-7-15(25)11-18(16)23)4-9-19(17)28-21(20)12-2-5-14(24)6-3-12/h2-11,20-21H,1H3,(H,26,27). The van der Waals surface area contributed by atoms with Crippen molar-refractivity contribution in [3.05, 3.63) is 88.4 Å². The number of halogens is 3. The van der Waals surface area contributed by atoms with Crippen molar-refractivity contribution in [2.75, 3.05) is 7.05 Å². The van der Waals surface area contributed by atoms with Crippen LogP contribution >= 0.6 is 11.6 Å². The predicted molar refractivity (Wildman–Crippen MR) is 103 cm³/mol. The van der Waals surface area contributed by atoms with E-state index in [9.17, 15) is 13.6 Å². The van der Waals surface area contributed by atoms with E-state index >= 15 is 0 Å². The van der Waals surface area contributed by atoms with Crippen molar-refractivity contribution in [2.45, 2.75) is 12.0 Å². The maximum Gasteiger partial charge on any atom is 0.231 e. The number of hydrogen-bond donors (Lipinski definition) is 1. The zero-order valence-electron chi connectivity index (χ0n) is 14.9. The first-order valence-electron chi connectivity index (χ1n) is 8.71. The molecule has 3 aromatic carbocycles. The molecule has 0 saturated heterocycles. The number of amides is 1. The summed E-state index contributed by atoms with van der Waals surface area (Å²) in [6.07, 6.45) is -0.575. The second-order valence-electron chi connectivity index (χ2n) is 6.56. The van der Waals surface area contributed by atoms with Gasteiger partial charge in [0.05, 0.1) is 5.02 Å². The van der Waals surface area contributed by atoms with Crippen molar-refractivity contribution in [1.82, 2.24) is 5.32 Å². The van der Waals surface area contributed by atoms with Gasteiger partial charge >= 0.3 is 0 Å². The van der Waals surface area contributed by atoms with Gasteiger partial charge in [0.2, 0.25) is 5.91 Å². The molecule has 0 aliphatic carbocycles. The molecule has 1 N–H and O–H groups in total. The molecule has 0 aromatic heterocycles. The van der Waals surface area contributed by atoms with Gasteiger partial charge in [0, 0.05) is 18.2 Å². The monoisotopic (exact) mass is 399 g/mol. The predicted octanol–water partition coefficient (Wildman–Crippen LogP) is 5.25. The smallest absolute Gasteiger partial charge is 0.231 e. The van der Waals surface area contributed by atoms with Gasteiger partial charge in [-0.3, -0.25) is 4.79 Å². The molecular formula is C22H16ClF2NO2. The summed E-state index contributed by atoms with van der Waals surface area (Å²) in [4.78, 5) is 12.6. The minimum Gasteiger partial charge on any atom is -0.484 e. The van der Waals surface area contributed by atoms with Crippen LogP contribution < -0.4 is 10.1 Å². The van der Waals surface area contributed by atoms with Crippen molar-refractivity contribution < 1.29 is 18.3 Å². The summed E-state index contributed by atoms with van der Waals surface area (Å²) in [7, 11) is 1.56. The lowest BCUT2D eigenvalue weighted by molar-refractivity contribution is -0.123. The van der Waals surface area contributed by atoms with Gasteiger partial charge in [-0.25, -0.2) is 8.78 Å². The van der Waals surface area contributed by atoms with Crippen molar-refractivity contribution >= 4 is 17.5 Å². The van der Waals surface area contributed by atoms with Crippen LogP contribution in [0.5, 0.6) is 5.75 Å². The van der Waals surface area contributed by atoms with Crippen LogP contribution in [0.15, 0.2) is 60.7 Å². The summed E-state index contributed by atoms with van der Waals surface area (Å²) in [6, 6.07) is 15.5. The van der Waals surface area contributed by atoms with Gasteiger partial charge in [-0.15, -0.1) is 0 Å². The highest BCUT2D eigenvalue weighted by Crippen LogP contribution is 2.47. The number of hydrogen-bond acceptors (Lipinski definition) is 2. The maximum atomic E-state index is 13.4. The van der Waals surface area contributed by atoms with Gasteiger partial charge < -0.3 is 10.1 Å². The molecule has 0 radical (unpaired) electrons. The number of carbonyl (C=O) groups is 1. The average molecular weight is 400 g/mol. The first kappa shape index (κ1) is 18.4. The lowest BCUT2D eigenvalue weighted by Gasteiger charge is -2.18. The van der Waals surface area contributed by atoms with Crippen LogP contribution in [0.25, 0.3) is 11.1 Å². The van der Waals surface area contributed by atoms with E-state index in [2.05, 4.69) is 5.32 Å². The quantitative estimate of drug-likeness (QED) is 0.653. The molecule has 0 fully saturated rings. The minimum atomic E-state index is -0.607. The van der Waals surface area contributed by atoms with E-state index in [1.165, 1.54) is 24.3 Å². The Labute approximate surface area is 165 Å². The molecule has 142 valence electrons. The van der Waals surface area contributed by atoms with E-state index in [0.717, 1.165) is 5.56 Å². The van der Waals surface area contributed by atoms with Gasteiger partial charge in [0.1, 0.15) is 29.4 Å². The van der Waals surface area contributed by atoms with Crippen LogP contribution in [0.1, 0.15) is 23.1 Å². The molecule has 0 bridgehead atoms. The Morgan fingerprint density at radius 2 is 1.71 bits per heavy atom. The van der Waals surface area contributed by atoms with Crippen molar-refractivity contribution in [3.8, 4) is 16.9 Å². The Kier molecular flexibility index (Phi) is 4.77. The van der Waals surface area contributed by atoms with Gasteiger partial charge in [-0.1, -0.05) is 29.8 Å².